The molecule has 0 aliphatic carbocycles. The summed E-state index contributed by atoms with van der Waals surface area (Å²) in [5.41, 5.74) is 2.58. The lowest BCUT2D eigenvalue weighted by Gasteiger charge is -2.33. The SMILES string of the molecule is Cc1cc(C#CCCO)cc(C(=O)N2CCSCC2C)c1. The standard InChI is InChI=1S/C17H21NO2S/c1-13-9-15(5-3-4-7-19)11-16(10-13)17(20)18-6-8-21-12-14(18)2/h9-11,14,19H,4,6-8,12H2,1-2H3. The molecule has 0 spiro atoms. The molecule has 1 fully saturated rings. The molecule has 1 aliphatic heterocycles. The van der Waals surface area contributed by atoms with E-state index >= 15 is 0 Å². The number of thioether (sulfide) groups is 1. The van der Waals surface area contributed by atoms with Crippen LogP contribution >= 0.6 is 11.8 Å². The van der Waals surface area contributed by atoms with Gasteiger partial charge in [0.1, 0.15) is 0 Å². The Balaban J connectivity index is 2.23. The van der Waals surface area contributed by atoms with Crippen LogP contribution in [-0.4, -0.2) is 46.6 Å². The van der Waals surface area contributed by atoms with Gasteiger partial charge in [-0.15, -0.1) is 0 Å². The van der Waals surface area contributed by atoms with E-state index in [0.29, 0.717) is 12.0 Å². The summed E-state index contributed by atoms with van der Waals surface area (Å²) >= 11 is 1.90. The Morgan fingerprint density at radius 1 is 1.48 bits per heavy atom. The molecule has 0 aromatic heterocycles. The largest absolute Gasteiger partial charge is 0.395 e. The first-order valence-electron chi connectivity index (χ1n) is 7.22. The van der Waals surface area contributed by atoms with Crippen molar-refractivity contribution < 1.29 is 9.90 Å². The molecule has 21 heavy (non-hydrogen) atoms. The Morgan fingerprint density at radius 2 is 2.29 bits per heavy atom. The third-order valence-corrected chi connectivity index (χ3v) is 4.61. The van der Waals surface area contributed by atoms with Crippen molar-refractivity contribution >= 4 is 17.7 Å². The summed E-state index contributed by atoms with van der Waals surface area (Å²) in [6.45, 7) is 4.95. The number of carbonyl (C=O) groups is 1. The lowest BCUT2D eigenvalue weighted by molar-refractivity contribution is 0.0716. The number of hydrogen-bond donors (Lipinski definition) is 1. The fourth-order valence-electron chi connectivity index (χ4n) is 2.39. The zero-order chi connectivity index (χ0) is 15.2. The topological polar surface area (TPSA) is 40.5 Å². The molecular weight excluding hydrogens is 282 g/mol. The highest BCUT2D eigenvalue weighted by atomic mass is 32.2. The number of aryl methyl sites for hydroxylation is 1. The maximum atomic E-state index is 12.7. The highest BCUT2D eigenvalue weighted by Gasteiger charge is 2.24. The van der Waals surface area contributed by atoms with Crippen molar-refractivity contribution in [2.45, 2.75) is 26.3 Å². The maximum absolute atomic E-state index is 12.7. The van der Waals surface area contributed by atoms with E-state index in [4.69, 9.17) is 5.11 Å². The molecule has 3 nitrogen and oxygen atoms in total. The number of aliphatic hydroxyl groups excluding tert-OH is 1. The third-order valence-electron chi connectivity index (χ3n) is 3.42. The van der Waals surface area contributed by atoms with Gasteiger partial charge < -0.3 is 10.0 Å². The van der Waals surface area contributed by atoms with E-state index in [-0.39, 0.29) is 18.6 Å². The van der Waals surface area contributed by atoms with Crippen molar-refractivity contribution in [2.24, 2.45) is 0 Å². The summed E-state index contributed by atoms with van der Waals surface area (Å²) in [6.07, 6.45) is 0.456. The van der Waals surface area contributed by atoms with Gasteiger partial charge in [0.05, 0.1) is 6.61 Å². The minimum absolute atomic E-state index is 0.0631. The van der Waals surface area contributed by atoms with Crippen LogP contribution < -0.4 is 0 Å². The Morgan fingerprint density at radius 3 is 3.00 bits per heavy atom. The van der Waals surface area contributed by atoms with Gasteiger partial charge in [0.25, 0.3) is 5.91 Å². The average molecular weight is 303 g/mol. The van der Waals surface area contributed by atoms with Crippen molar-refractivity contribution in [3.8, 4) is 11.8 Å². The van der Waals surface area contributed by atoms with E-state index in [0.717, 1.165) is 29.2 Å². The molecule has 1 saturated heterocycles. The number of amides is 1. The number of aliphatic hydroxyl groups is 1. The normalized spacial score (nSPS) is 18.0. The van der Waals surface area contributed by atoms with E-state index in [1.165, 1.54) is 0 Å². The van der Waals surface area contributed by atoms with Gasteiger partial charge in [-0.3, -0.25) is 4.79 Å². The molecule has 1 amide bonds. The number of carbonyl (C=O) groups excluding carboxylic acids is 1. The summed E-state index contributed by atoms with van der Waals surface area (Å²) in [6, 6.07) is 6.03. The second-order valence-electron chi connectivity index (χ2n) is 5.29. The molecule has 1 aliphatic rings. The quantitative estimate of drug-likeness (QED) is 0.852. The first kappa shape index (κ1) is 15.9. The molecule has 0 saturated carbocycles. The van der Waals surface area contributed by atoms with Crippen LogP contribution in [0, 0.1) is 18.8 Å². The van der Waals surface area contributed by atoms with Crippen LogP contribution in [0.1, 0.15) is 34.8 Å². The smallest absolute Gasteiger partial charge is 0.254 e. The summed E-state index contributed by atoms with van der Waals surface area (Å²) in [4.78, 5) is 14.6. The lowest BCUT2D eigenvalue weighted by Crippen LogP contribution is -2.44. The van der Waals surface area contributed by atoms with E-state index in [9.17, 15) is 4.79 Å². The molecule has 0 radical (unpaired) electrons. The fraction of sp³-hybridized carbons (Fsp3) is 0.471. The summed E-state index contributed by atoms with van der Waals surface area (Å²) < 4.78 is 0. The molecular formula is C17H21NO2S. The molecule has 1 aromatic rings. The monoisotopic (exact) mass is 303 g/mol. The second kappa shape index (κ2) is 7.53. The molecule has 112 valence electrons. The van der Waals surface area contributed by atoms with Crippen LogP contribution in [0.25, 0.3) is 0 Å². The highest BCUT2D eigenvalue weighted by Crippen LogP contribution is 2.20. The Kier molecular flexibility index (Phi) is 5.72. The summed E-state index contributed by atoms with van der Waals surface area (Å²) in [7, 11) is 0. The third kappa shape index (κ3) is 4.26. The van der Waals surface area contributed by atoms with Gasteiger partial charge in [-0.05, 0) is 37.6 Å². The van der Waals surface area contributed by atoms with E-state index < -0.39 is 0 Å². The van der Waals surface area contributed by atoms with E-state index in [1.807, 2.05) is 41.8 Å². The molecule has 1 aromatic carbocycles. The molecule has 4 heteroatoms. The first-order chi connectivity index (χ1) is 10.1. The predicted molar refractivity (Wildman–Crippen MR) is 87.6 cm³/mol. The minimum Gasteiger partial charge on any atom is -0.395 e. The van der Waals surface area contributed by atoms with Crippen molar-refractivity contribution in [1.82, 2.24) is 4.90 Å². The first-order valence-corrected chi connectivity index (χ1v) is 8.37. The van der Waals surface area contributed by atoms with Crippen molar-refractivity contribution in [1.29, 1.82) is 0 Å². The fourth-order valence-corrected chi connectivity index (χ4v) is 3.41. The van der Waals surface area contributed by atoms with E-state index in [2.05, 4.69) is 18.8 Å². The van der Waals surface area contributed by atoms with Gasteiger partial charge in [-0.25, -0.2) is 0 Å². The number of hydrogen-bond acceptors (Lipinski definition) is 3. The minimum atomic E-state index is 0.0631. The van der Waals surface area contributed by atoms with Gasteiger partial charge >= 0.3 is 0 Å². The highest BCUT2D eigenvalue weighted by molar-refractivity contribution is 7.99. The molecule has 1 unspecified atom stereocenters. The second-order valence-corrected chi connectivity index (χ2v) is 6.44. The van der Waals surface area contributed by atoms with Crippen LogP contribution in [-0.2, 0) is 0 Å². The van der Waals surface area contributed by atoms with Crippen LogP contribution in [0.15, 0.2) is 18.2 Å². The Labute approximate surface area is 130 Å². The number of benzene rings is 1. The van der Waals surface area contributed by atoms with Crippen LogP contribution in [0.4, 0.5) is 0 Å². The van der Waals surface area contributed by atoms with Crippen LogP contribution in [0.3, 0.4) is 0 Å². The van der Waals surface area contributed by atoms with Crippen molar-refractivity contribution in [2.75, 3.05) is 24.7 Å². The summed E-state index contributed by atoms with van der Waals surface area (Å²) in [5, 5.41) is 8.78. The maximum Gasteiger partial charge on any atom is 0.254 e. The summed E-state index contributed by atoms with van der Waals surface area (Å²) in [5.74, 6) is 8.02. The van der Waals surface area contributed by atoms with Gasteiger partial charge in [-0.2, -0.15) is 11.8 Å². The zero-order valence-corrected chi connectivity index (χ0v) is 13.4. The van der Waals surface area contributed by atoms with E-state index in [1.54, 1.807) is 0 Å². The average Bonchev–Trinajstić information content (AvgIpc) is 2.47. The Hall–Kier alpha value is -1.44. The Bertz CT molecular complexity index is 574. The molecule has 2 rings (SSSR count). The van der Waals surface area contributed by atoms with Gasteiger partial charge in [0.2, 0.25) is 0 Å². The molecule has 0 bridgehead atoms. The lowest BCUT2D eigenvalue weighted by atomic mass is 10.0. The van der Waals surface area contributed by atoms with Gasteiger partial charge in [0.15, 0.2) is 0 Å². The van der Waals surface area contributed by atoms with Crippen LogP contribution in [0.2, 0.25) is 0 Å². The molecule has 1 heterocycles. The number of nitrogens with zero attached hydrogens (tertiary/aromatic N) is 1. The van der Waals surface area contributed by atoms with Crippen LogP contribution in [0.5, 0.6) is 0 Å². The van der Waals surface area contributed by atoms with Gasteiger partial charge in [0, 0.05) is 41.6 Å². The predicted octanol–water partition coefficient (Wildman–Crippen LogP) is 2.31. The van der Waals surface area contributed by atoms with Gasteiger partial charge in [-0.1, -0.05) is 11.8 Å². The van der Waals surface area contributed by atoms with Crippen molar-refractivity contribution in [3.63, 3.8) is 0 Å². The van der Waals surface area contributed by atoms with Crippen molar-refractivity contribution in [3.05, 3.63) is 34.9 Å². The zero-order valence-electron chi connectivity index (χ0n) is 12.6. The molecule has 1 atom stereocenters. The number of rotatable bonds is 2. The molecule has 1 N–H and O–H groups in total.